The van der Waals surface area contributed by atoms with Gasteiger partial charge >= 0.3 is 0 Å². The summed E-state index contributed by atoms with van der Waals surface area (Å²) in [4.78, 5) is 21.0. The van der Waals surface area contributed by atoms with E-state index < -0.39 is 18.6 Å². The van der Waals surface area contributed by atoms with E-state index in [1.54, 1.807) is 10.9 Å². The van der Waals surface area contributed by atoms with Crippen LogP contribution >= 0.6 is 15.9 Å². The maximum absolute atomic E-state index is 12.0. The zero-order valence-electron chi connectivity index (χ0n) is 15.9. The van der Waals surface area contributed by atoms with Gasteiger partial charge < -0.3 is 25.2 Å². The summed E-state index contributed by atoms with van der Waals surface area (Å²) in [6.45, 7) is 4.38. The lowest BCUT2D eigenvalue weighted by molar-refractivity contribution is -0.165. The van der Waals surface area contributed by atoms with Gasteiger partial charge in [0.1, 0.15) is 22.5 Å². The Morgan fingerprint density at radius 1 is 1.48 bits per heavy atom. The standard InChI is InChI=1S/C17H26BrN5O4/c1-5-6-20-11-7-13(18)22-16-15(11)21-9-23(16)14(27-10(2)24)8-12(26-4)17(25)19-3/h7,9-10,12,14,24H,5-6,8H2,1-4H3,(H,19,25)(H,20,22). The lowest BCUT2D eigenvalue weighted by atomic mass is 10.2. The van der Waals surface area contributed by atoms with E-state index in [0.29, 0.717) is 15.8 Å². The van der Waals surface area contributed by atoms with E-state index >= 15 is 0 Å². The molecule has 3 atom stereocenters. The molecule has 0 aromatic carbocycles. The Morgan fingerprint density at radius 3 is 2.81 bits per heavy atom. The van der Waals surface area contributed by atoms with E-state index in [9.17, 15) is 9.90 Å². The maximum atomic E-state index is 12.0. The van der Waals surface area contributed by atoms with Crippen LogP contribution in [0.3, 0.4) is 0 Å². The van der Waals surface area contributed by atoms with Crippen molar-refractivity contribution in [3.63, 3.8) is 0 Å². The Bertz CT molecular complexity index is 767. The van der Waals surface area contributed by atoms with Crippen molar-refractivity contribution in [2.75, 3.05) is 26.0 Å². The number of anilines is 1. The zero-order valence-corrected chi connectivity index (χ0v) is 17.5. The van der Waals surface area contributed by atoms with Crippen LogP contribution in [0.2, 0.25) is 0 Å². The second kappa shape index (κ2) is 9.98. The summed E-state index contributed by atoms with van der Waals surface area (Å²) in [5.74, 6) is -0.277. The number of nitrogens with zero attached hydrogens (tertiary/aromatic N) is 3. The Hall–Kier alpha value is -1.75. The van der Waals surface area contributed by atoms with Crippen LogP contribution in [0.25, 0.3) is 11.2 Å². The van der Waals surface area contributed by atoms with E-state index in [1.165, 1.54) is 21.1 Å². The second-order valence-electron chi connectivity index (χ2n) is 6.01. The third-order valence-corrected chi connectivity index (χ3v) is 4.37. The highest BCUT2D eigenvalue weighted by Crippen LogP contribution is 2.29. The van der Waals surface area contributed by atoms with Crippen molar-refractivity contribution in [2.24, 2.45) is 0 Å². The number of halogens is 1. The van der Waals surface area contributed by atoms with Gasteiger partial charge in [-0.1, -0.05) is 6.92 Å². The average Bonchev–Trinajstić information content (AvgIpc) is 3.05. The number of aromatic nitrogens is 3. The molecule has 10 heteroatoms. The molecule has 1 amide bonds. The molecule has 0 saturated carbocycles. The number of fused-ring (bicyclic) bond motifs is 1. The van der Waals surface area contributed by atoms with Crippen molar-refractivity contribution in [1.82, 2.24) is 19.9 Å². The summed E-state index contributed by atoms with van der Waals surface area (Å²) in [6.07, 6.45) is 0.250. The molecule has 0 spiro atoms. The number of nitrogens with one attached hydrogen (secondary N) is 2. The van der Waals surface area contributed by atoms with E-state index in [4.69, 9.17) is 9.47 Å². The molecule has 2 rings (SSSR count). The largest absolute Gasteiger partial charge is 0.383 e. The molecule has 3 unspecified atom stereocenters. The zero-order chi connectivity index (χ0) is 20.0. The highest BCUT2D eigenvalue weighted by Gasteiger charge is 2.27. The molecule has 0 aliphatic rings. The summed E-state index contributed by atoms with van der Waals surface area (Å²) in [6, 6.07) is 1.86. The highest BCUT2D eigenvalue weighted by molar-refractivity contribution is 9.10. The summed E-state index contributed by atoms with van der Waals surface area (Å²) in [7, 11) is 2.99. The number of likely N-dealkylation sites (N-methyl/N-ethyl adjacent to an activating group) is 1. The number of aliphatic hydroxyl groups is 1. The fourth-order valence-corrected chi connectivity index (χ4v) is 3.09. The SMILES string of the molecule is CCCNc1cc(Br)nc2c1ncn2C(CC(OC)C(=O)NC)OC(C)O. The maximum Gasteiger partial charge on any atom is 0.249 e. The summed E-state index contributed by atoms with van der Waals surface area (Å²) in [5, 5.41) is 15.6. The molecule has 0 aliphatic heterocycles. The Kier molecular flexibility index (Phi) is 7.96. The van der Waals surface area contributed by atoms with E-state index in [0.717, 1.165) is 18.7 Å². The van der Waals surface area contributed by atoms with E-state index in [-0.39, 0.29) is 12.3 Å². The number of hydrogen-bond donors (Lipinski definition) is 3. The smallest absolute Gasteiger partial charge is 0.249 e. The quantitative estimate of drug-likeness (QED) is 0.380. The van der Waals surface area contributed by atoms with Gasteiger partial charge in [-0.3, -0.25) is 9.36 Å². The van der Waals surface area contributed by atoms with Crippen molar-refractivity contribution in [3.05, 3.63) is 17.0 Å². The first kappa shape index (κ1) is 21.5. The van der Waals surface area contributed by atoms with Crippen molar-refractivity contribution in [3.8, 4) is 0 Å². The number of hydrogen-bond acceptors (Lipinski definition) is 7. The lowest BCUT2D eigenvalue weighted by Gasteiger charge is -2.24. The van der Waals surface area contributed by atoms with Crippen molar-refractivity contribution < 1.29 is 19.4 Å². The van der Waals surface area contributed by atoms with Gasteiger partial charge in [0, 0.05) is 27.1 Å². The van der Waals surface area contributed by atoms with Gasteiger partial charge in [-0.05, 0) is 35.3 Å². The second-order valence-corrected chi connectivity index (χ2v) is 6.82. The van der Waals surface area contributed by atoms with Crippen LogP contribution in [-0.4, -0.2) is 58.6 Å². The highest BCUT2D eigenvalue weighted by atomic mass is 79.9. The summed E-state index contributed by atoms with van der Waals surface area (Å²) < 4.78 is 13.2. The molecule has 2 aromatic heterocycles. The summed E-state index contributed by atoms with van der Waals surface area (Å²) in [5.41, 5.74) is 2.10. The number of carbonyl (C=O) groups is 1. The number of methoxy groups -OCH3 is 1. The number of pyridine rings is 1. The third kappa shape index (κ3) is 5.38. The van der Waals surface area contributed by atoms with Gasteiger partial charge in [0.2, 0.25) is 5.91 Å². The normalized spacial score (nSPS) is 14.7. The number of rotatable bonds is 10. The topological polar surface area (TPSA) is 111 Å². The molecule has 0 saturated heterocycles. The molecule has 0 radical (unpaired) electrons. The molecule has 0 aliphatic carbocycles. The van der Waals surface area contributed by atoms with Crippen LogP contribution in [0.15, 0.2) is 17.0 Å². The number of amides is 1. The van der Waals surface area contributed by atoms with E-state index in [2.05, 4.69) is 43.5 Å². The molecular weight excluding hydrogens is 418 g/mol. The summed E-state index contributed by atoms with van der Waals surface area (Å²) >= 11 is 3.42. The van der Waals surface area contributed by atoms with Crippen LogP contribution in [0.5, 0.6) is 0 Å². The average molecular weight is 444 g/mol. The Morgan fingerprint density at radius 2 is 2.22 bits per heavy atom. The van der Waals surface area contributed by atoms with Gasteiger partial charge in [0.05, 0.1) is 12.0 Å². The van der Waals surface area contributed by atoms with Crippen LogP contribution in [-0.2, 0) is 14.3 Å². The van der Waals surface area contributed by atoms with Gasteiger partial charge in [-0.25, -0.2) is 9.97 Å². The lowest BCUT2D eigenvalue weighted by Crippen LogP contribution is -2.36. The fourth-order valence-electron chi connectivity index (χ4n) is 2.70. The molecule has 9 nitrogen and oxygen atoms in total. The molecule has 27 heavy (non-hydrogen) atoms. The number of aliphatic hydroxyl groups excluding tert-OH is 1. The first-order valence-electron chi connectivity index (χ1n) is 8.76. The third-order valence-electron chi connectivity index (χ3n) is 3.97. The van der Waals surface area contributed by atoms with Gasteiger partial charge in [-0.2, -0.15) is 0 Å². The first-order valence-corrected chi connectivity index (χ1v) is 9.55. The van der Waals surface area contributed by atoms with Crippen molar-refractivity contribution in [2.45, 2.75) is 45.3 Å². The van der Waals surface area contributed by atoms with Crippen molar-refractivity contribution >= 4 is 38.7 Å². The molecule has 150 valence electrons. The Balaban J connectivity index is 2.44. The predicted octanol–water partition coefficient (Wildman–Crippen LogP) is 2.02. The minimum Gasteiger partial charge on any atom is -0.383 e. The first-order chi connectivity index (χ1) is 12.9. The molecule has 0 bridgehead atoms. The number of imidazole rings is 1. The van der Waals surface area contributed by atoms with Crippen LogP contribution in [0, 0.1) is 0 Å². The van der Waals surface area contributed by atoms with Gasteiger partial charge in [0.15, 0.2) is 11.9 Å². The molecule has 2 aromatic rings. The van der Waals surface area contributed by atoms with E-state index in [1.807, 2.05) is 6.07 Å². The molecular formula is C17H26BrN5O4. The molecule has 3 N–H and O–H groups in total. The molecule has 2 heterocycles. The number of ether oxygens (including phenoxy) is 2. The van der Waals surface area contributed by atoms with Crippen LogP contribution in [0.1, 0.15) is 32.9 Å². The van der Waals surface area contributed by atoms with Crippen LogP contribution in [0.4, 0.5) is 5.69 Å². The predicted molar refractivity (Wildman–Crippen MR) is 105 cm³/mol. The van der Waals surface area contributed by atoms with Gasteiger partial charge in [-0.15, -0.1) is 0 Å². The fraction of sp³-hybridized carbons (Fsp3) is 0.588. The van der Waals surface area contributed by atoms with Crippen molar-refractivity contribution in [1.29, 1.82) is 0 Å². The minimum absolute atomic E-state index is 0.179. The Labute approximate surface area is 166 Å². The monoisotopic (exact) mass is 443 g/mol. The molecule has 0 fully saturated rings. The number of carbonyl (C=O) groups excluding carboxylic acids is 1. The van der Waals surface area contributed by atoms with Gasteiger partial charge in [0.25, 0.3) is 0 Å². The van der Waals surface area contributed by atoms with Crippen LogP contribution < -0.4 is 10.6 Å². The minimum atomic E-state index is -1.04.